The molecule has 0 aromatic carbocycles. The van der Waals surface area contributed by atoms with Gasteiger partial charge in [0.1, 0.15) is 11.6 Å². The van der Waals surface area contributed by atoms with Gasteiger partial charge in [-0.3, -0.25) is 14.5 Å². The van der Waals surface area contributed by atoms with Crippen molar-refractivity contribution in [2.45, 2.75) is 45.4 Å². The minimum atomic E-state index is -1.28. The van der Waals surface area contributed by atoms with Gasteiger partial charge in [0.15, 0.2) is 0 Å². The third-order valence-electron chi connectivity index (χ3n) is 2.67. The molecule has 0 aromatic heterocycles. The number of imide groups is 1. The van der Waals surface area contributed by atoms with Crippen LogP contribution in [-0.2, 0) is 19.1 Å². The Kier molecular flexibility index (Phi) is 4.72. The number of carboxylic acid groups (broad SMARTS) is 1. The highest BCUT2D eigenvalue weighted by Gasteiger charge is 2.48. The summed E-state index contributed by atoms with van der Waals surface area (Å²) in [6.07, 6.45) is 0.693. The van der Waals surface area contributed by atoms with Crippen LogP contribution in [0.5, 0.6) is 0 Å². The number of hydrogen-bond donors (Lipinski definition) is 2. The van der Waals surface area contributed by atoms with E-state index in [1.165, 1.54) is 0 Å². The van der Waals surface area contributed by atoms with Crippen LogP contribution in [-0.4, -0.2) is 51.6 Å². The van der Waals surface area contributed by atoms with Gasteiger partial charge < -0.3 is 15.2 Å². The monoisotopic (exact) mass is 298 g/mol. The van der Waals surface area contributed by atoms with Crippen LogP contribution in [0.1, 0.15) is 27.7 Å². The van der Waals surface area contributed by atoms with Crippen LogP contribution in [0, 0.1) is 0 Å². The van der Waals surface area contributed by atoms with Crippen LogP contribution in [0.4, 0.5) is 4.79 Å². The van der Waals surface area contributed by atoms with Crippen molar-refractivity contribution in [3.63, 3.8) is 0 Å². The van der Waals surface area contributed by atoms with Crippen molar-refractivity contribution in [3.8, 4) is 0 Å². The van der Waals surface area contributed by atoms with Crippen LogP contribution in [0.15, 0.2) is 12.2 Å². The van der Waals surface area contributed by atoms with Gasteiger partial charge in [0.25, 0.3) is 11.8 Å². The minimum absolute atomic E-state index is 0.573. The third-order valence-corrected chi connectivity index (χ3v) is 2.67. The smallest absolute Gasteiger partial charge is 0.408 e. The van der Waals surface area contributed by atoms with Crippen molar-refractivity contribution in [2.75, 3.05) is 0 Å². The Morgan fingerprint density at radius 3 is 2.29 bits per heavy atom. The van der Waals surface area contributed by atoms with Crippen molar-refractivity contribution in [3.05, 3.63) is 12.2 Å². The first kappa shape index (κ1) is 16.7. The number of ether oxygens (including phenoxy) is 1. The van der Waals surface area contributed by atoms with Crippen molar-refractivity contribution in [1.29, 1.82) is 0 Å². The van der Waals surface area contributed by atoms with E-state index in [0.717, 1.165) is 11.0 Å². The van der Waals surface area contributed by atoms with Gasteiger partial charge in [0, 0.05) is 12.2 Å². The van der Waals surface area contributed by atoms with Gasteiger partial charge in [-0.2, -0.15) is 0 Å². The minimum Gasteiger partial charge on any atom is -0.478 e. The van der Waals surface area contributed by atoms with Crippen molar-refractivity contribution in [1.82, 2.24) is 10.2 Å². The molecule has 8 heteroatoms. The Hall–Kier alpha value is -2.38. The molecular weight excluding hydrogens is 280 g/mol. The molecule has 8 nitrogen and oxygen atoms in total. The average molecular weight is 298 g/mol. The van der Waals surface area contributed by atoms with E-state index in [4.69, 9.17) is 9.84 Å². The van der Waals surface area contributed by atoms with Gasteiger partial charge in [0.05, 0.1) is 6.04 Å². The lowest BCUT2D eigenvalue weighted by Gasteiger charge is -2.43. The molecule has 3 amide bonds. The Balaban J connectivity index is 2.60. The predicted molar refractivity (Wildman–Crippen MR) is 71.2 cm³/mol. The first-order valence-corrected chi connectivity index (χ1v) is 6.30. The van der Waals surface area contributed by atoms with E-state index in [1.807, 2.05) is 0 Å². The number of amides is 3. The Morgan fingerprint density at radius 2 is 1.86 bits per heavy atom. The maximum atomic E-state index is 11.8. The van der Waals surface area contributed by atoms with Gasteiger partial charge in [-0.05, 0) is 27.7 Å². The topological polar surface area (TPSA) is 113 Å². The third kappa shape index (κ3) is 4.30. The summed E-state index contributed by atoms with van der Waals surface area (Å²) in [5.41, 5.74) is -0.695. The normalized spacial score (nSPS) is 21.9. The fourth-order valence-electron chi connectivity index (χ4n) is 1.77. The number of nitrogens with zero attached hydrogens (tertiary/aromatic N) is 1. The van der Waals surface area contributed by atoms with Crippen LogP contribution in [0.25, 0.3) is 0 Å². The lowest BCUT2D eigenvalue weighted by atomic mass is 9.96. The highest BCUT2D eigenvalue weighted by Crippen LogP contribution is 2.21. The molecule has 1 saturated heterocycles. The Bertz CT molecular complexity index is 505. The number of carbonyl (C=O) groups is 4. The molecule has 0 spiro atoms. The molecule has 0 saturated carbocycles. The summed E-state index contributed by atoms with van der Waals surface area (Å²) in [5.74, 6) is -2.63. The second-order valence-corrected chi connectivity index (χ2v) is 5.58. The van der Waals surface area contributed by atoms with Gasteiger partial charge in [-0.15, -0.1) is 0 Å². The number of hydrogen-bond acceptors (Lipinski definition) is 5. The molecular formula is C13H18N2O6. The van der Waals surface area contributed by atoms with E-state index in [2.05, 4.69) is 5.32 Å². The molecule has 116 valence electrons. The first-order chi connectivity index (χ1) is 9.53. The van der Waals surface area contributed by atoms with Gasteiger partial charge in [0.2, 0.25) is 0 Å². The van der Waals surface area contributed by atoms with E-state index >= 15 is 0 Å². The van der Waals surface area contributed by atoms with Gasteiger partial charge >= 0.3 is 12.1 Å². The van der Waals surface area contributed by atoms with Crippen LogP contribution >= 0.6 is 0 Å². The summed E-state index contributed by atoms with van der Waals surface area (Å²) in [5, 5.41) is 10.8. The molecule has 1 rings (SSSR count). The number of carboxylic acids is 1. The zero-order chi connectivity index (χ0) is 16.4. The Morgan fingerprint density at radius 1 is 1.29 bits per heavy atom. The van der Waals surface area contributed by atoms with Crippen LogP contribution in [0.2, 0.25) is 0 Å². The number of β-lactam (4-membered cyclic amide) rings is 1. The Labute approximate surface area is 121 Å². The number of rotatable bonds is 3. The SMILES string of the molecule is CC1[C@H](NC(=O)OC(C)(C)C)C(=O)N1C(=O)/C=C\C(=O)O. The summed E-state index contributed by atoms with van der Waals surface area (Å²) in [4.78, 5) is 46.2. The lowest BCUT2D eigenvalue weighted by Crippen LogP contribution is -2.71. The molecule has 0 aliphatic carbocycles. The summed E-state index contributed by atoms with van der Waals surface area (Å²) in [7, 11) is 0. The fraction of sp³-hybridized carbons (Fsp3) is 0.538. The van der Waals surface area contributed by atoms with E-state index < -0.39 is 41.6 Å². The van der Waals surface area contributed by atoms with Gasteiger partial charge in [-0.1, -0.05) is 0 Å². The van der Waals surface area contributed by atoms with E-state index in [1.54, 1.807) is 27.7 Å². The van der Waals surface area contributed by atoms with E-state index in [0.29, 0.717) is 6.08 Å². The number of carbonyl (C=O) groups excluding carboxylic acids is 3. The maximum absolute atomic E-state index is 11.8. The van der Waals surface area contributed by atoms with Crippen molar-refractivity contribution >= 4 is 23.9 Å². The molecule has 2 atom stereocenters. The zero-order valence-electron chi connectivity index (χ0n) is 12.2. The van der Waals surface area contributed by atoms with Crippen LogP contribution < -0.4 is 5.32 Å². The quantitative estimate of drug-likeness (QED) is 0.571. The molecule has 2 N–H and O–H groups in total. The molecule has 1 fully saturated rings. The van der Waals surface area contributed by atoms with Gasteiger partial charge in [-0.25, -0.2) is 9.59 Å². The number of nitrogens with one attached hydrogen (secondary N) is 1. The molecule has 1 unspecified atom stereocenters. The average Bonchev–Trinajstić information content (AvgIpc) is 2.31. The molecule has 0 bridgehead atoms. The summed E-state index contributed by atoms with van der Waals surface area (Å²) >= 11 is 0. The molecule has 1 heterocycles. The largest absolute Gasteiger partial charge is 0.478 e. The highest BCUT2D eigenvalue weighted by molar-refractivity contribution is 6.09. The standard InChI is InChI=1S/C13H18N2O6/c1-7-10(14-12(20)21-13(2,3)4)11(19)15(7)8(16)5-6-9(17)18/h5-7,10H,1-4H3,(H,14,20)(H,17,18)/b6-5-/t7?,10-/m0/s1. The van der Waals surface area contributed by atoms with E-state index in [9.17, 15) is 19.2 Å². The van der Waals surface area contributed by atoms with Crippen molar-refractivity contribution in [2.24, 2.45) is 0 Å². The zero-order valence-corrected chi connectivity index (χ0v) is 12.2. The first-order valence-electron chi connectivity index (χ1n) is 6.30. The molecule has 21 heavy (non-hydrogen) atoms. The molecule has 0 radical (unpaired) electrons. The fourth-order valence-corrected chi connectivity index (χ4v) is 1.77. The summed E-state index contributed by atoms with van der Waals surface area (Å²) in [6, 6.07) is -1.43. The summed E-state index contributed by atoms with van der Waals surface area (Å²) < 4.78 is 5.02. The maximum Gasteiger partial charge on any atom is 0.408 e. The second kappa shape index (κ2) is 5.94. The van der Waals surface area contributed by atoms with Crippen LogP contribution in [0.3, 0.4) is 0 Å². The lowest BCUT2D eigenvalue weighted by molar-refractivity contribution is -0.158. The highest BCUT2D eigenvalue weighted by atomic mass is 16.6. The van der Waals surface area contributed by atoms with E-state index in [-0.39, 0.29) is 0 Å². The number of aliphatic carboxylic acids is 1. The number of likely N-dealkylation sites (tertiary alicyclic amines) is 1. The van der Waals surface area contributed by atoms with Crippen molar-refractivity contribution < 1.29 is 29.0 Å². The molecule has 1 aliphatic heterocycles. The summed E-state index contributed by atoms with van der Waals surface area (Å²) in [6.45, 7) is 6.62. The predicted octanol–water partition coefficient (Wildman–Crippen LogP) is 0.278. The molecule has 0 aromatic rings. The number of alkyl carbamates (subject to hydrolysis) is 1. The molecule has 1 aliphatic rings. The second-order valence-electron chi connectivity index (χ2n) is 5.58.